The van der Waals surface area contributed by atoms with Gasteiger partial charge < -0.3 is 0 Å². The lowest BCUT2D eigenvalue weighted by Crippen LogP contribution is -1.86. The van der Waals surface area contributed by atoms with Crippen LogP contribution in [0.25, 0.3) is 12.2 Å². The first-order chi connectivity index (χ1) is 9.63. The second-order valence-electron chi connectivity index (χ2n) is 4.97. The maximum Gasteiger partial charge on any atom is 0.0476 e. The van der Waals surface area contributed by atoms with Gasteiger partial charge in [0.15, 0.2) is 0 Å². The number of alkyl halides is 2. The molecule has 0 aliphatic rings. The molecule has 2 rings (SSSR count). The molecule has 0 aliphatic heterocycles. The van der Waals surface area contributed by atoms with Crippen molar-refractivity contribution < 1.29 is 0 Å². The molecular weight excluding hydrogens is 287 g/mol. The molecule has 2 heteroatoms. The molecule has 0 amide bonds. The molecule has 0 bridgehead atoms. The van der Waals surface area contributed by atoms with Gasteiger partial charge >= 0.3 is 0 Å². The van der Waals surface area contributed by atoms with Crippen LogP contribution in [0.1, 0.15) is 33.4 Å². The Labute approximate surface area is 131 Å². The first-order valence-electron chi connectivity index (χ1n) is 6.63. The largest absolute Gasteiger partial charge is 0.122 e. The van der Waals surface area contributed by atoms with Crippen molar-refractivity contribution in [2.75, 3.05) is 0 Å². The molecule has 0 unspecified atom stereocenters. The fraction of sp³-hybridized carbons (Fsp3) is 0.222. The molecule has 0 heterocycles. The number of hydrogen-bond donors (Lipinski definition) is 0. The summed E-state index contributed by atoms with van der Waals surface area (Å²) in [5.74, 6) is 1.13. The Morgan fingerprint density at radius 1 is 0.750 bits per heavy atom. The van der Waals surface area contributed by atoms with Gasteiger partial charge in [0.2, 0.25) is 0 Å². The summed E-state index contributed by atoms with van der Waals surface area (Å²) in [7, 11) is 0. The minimum absolute atomic E-state index is 0.564. The van der Waals surface area contributed by atoms with Gasteiger partial charge in [-0.3, -0.25) is 0 Å². The monoisotopic (exact) mass is 304 g/mol. The molecule has 2 aromatic carbocycles. The van der Waals surface area contributed by atoms with Crippen LogP contribution in [0.3, 0.4) is 0 Å². The van der Waals surface area contributed by atoms with Crippen LogP contribution >= 0.6 is 23.2 Å². The van der Waals surface area contributed by atoms with Crippen LogP contribution in [0, 0.1) is 13.8 Å². The first-order valence-corrected chi connectivity index (χ1v) is 7.70. The molecule has 0 nitrogen and oxygen atoms in total. The molecule has 0 atom stereocenters. The third-order valence-corrected chi connectivity index (χ3v) is 4.07. The Morgan fingerprint density at radius 3 is 1.45 bits per heavy atom. The smallest absolute Gasteiger partial charge is 0.0476 e. The SMILES string of the molecule is Cc1cc(/C=C/c2ccc(CCl)c(C)c2)ccc1CCl. The molecule has 0 N–H and O–H groups in total. The van der Waals surface area contributed by atoms with Gasteiger partial charge in [-0.1, -0.05) is 48.6 Å². The second kappa shape index (κ2) is 6.97. The van der Waals surface area contributed by atoms with Gasteiger partial charge in [-0.05, 0) is 47.2 Å². The summed E-state index contributed by atoms with van der Waals surface area (Å²) < 4.78 is 0. The highest BCUT2D eigenvalue weighted by Gasteiger charge is 1.98. The topological polar surface area (TPSA) is 0 Å². The van der Waals surface area contributed by atoms with Crippen LogP contribution in [0.2, 0.25) is 0 Å². The molecule has 0 aliphatic carbocycles. The molecule has 0 fully saturated rings. The van der Waals surface area contributed by atoms with E-state index in [2.05, 4.69) is 62.4 Å². The van der Waals surface area contributed by atoms with E-state index in [4.69, 9.17) is 23.2 Å². The van der Waals surface area contributed by atoms with E-state index in [0.29, 0.717) is 11.8 Å². The quantitative estimate of drug-likeness (QED) is 0.483. The van der Waals surface area contributed by atoms with Crippen LogP contribution in [-0.4, -0.2) is 0 Å². The molecule has 104 valence electrons. The highest BCUT2D eigenvalue weighted by atomic mass is 35.5. The van der Waals surface area contributed by atoms with Gasteiger partial charge in [-0.15, -0.1) is 23.2 Å². The highest BCUT2D eigenvalue weighted by molar-refractivity contribution is 6.17. The zero-order chi connectivity index (χ0) is 14.5. The van der Waals surface area contributed by atoms with E-state index in [-0.39, 0.29) is 0 Å². The minimum Gasteiger partial charge on any atom is -0.122 e. The van der Waals surface area contributed by atoms with Crippen molar-refractivity contribution >= 4 is 35.4 Å². The van der Waals surface area contributed by atoms with Crippen LogP contribution in [0.5, 0.6) is 0 Å². The fourth-order valence-corrected chi connectivity index (χ4v) is 2.74. The van der Waals surface area contributed by atoms with Gasteiger partial charge in [0.1, 0.15) is 0 Å². The van der Waals surface area contributed by atoms with Crippen molar-refractivity contribution in [3.63, 3.8) is 0 Å². The summed E-state index contributed by atoms with van der Waals surface area (Å²) in [6.07, 6.45) is 4.25. The predicted molar refractivity (Wildman–Crippen MR) is 90.4 cm³/mol. The van der Waals surface area contributed by atoms with Gasteiger partial charge in [0.25, 0.3) is 0 Å². The minimum atomic E-state index is 0.564. The normalized spacial score (nSPS) is 11.2. The number of halogens is 2. The molecular formula is C18H18Cl2. The summed E-state index contributed by atoms with van der Waals surface area (Å²) in [6.45, 7) is 4.18. The number of rotatable bonds is 4. The van der Waals surface area contributed by atoms with Crippen molar-refractivity contribution in [1.82, 2.24) is 0 Å². The summed E-state index contributed by atoms with van der Waals surface area (Å²) in [4.78, 5) is 0. The van der Waals surface area contributed by atoms with Crippen molar-refractivity contribution in [3.8, 4) is 0 Å². The molecule has 2 aromatic rings. The lowest BCUT2D eigenvalue weighted by Gasteiger charge is -2.04. The third kappa shape index (κ3) is 3.65. The van der Waals surface area contributed by atoms with E-state index in [1.54, 1.807) is 0 Å². The van der Waals surface area contributed by atoms with E-state index in [0.717, 1.165) is 0 Å². The van der Waals surface area contributed by atoms with Gasteiger partial charge in [0, 0.05) is 11.8 Å². The average molecular weight is 305 g/mol. The van der Waals surface area contributed by atoms with E-state index < -0.39 is 0 Å². The van der Waals surface area contributed by atoms with Crippen molar-refractivity contribution in [2.24, 2.45) is 0 Å². The van der Waals surface area contributed by atoms with Gasteiger partial charge in [-0.25, -0.2) is 0 Å². The van der Waals surface area contributed by atoms with E-state index in [1.165, 1.54) is 33.4 Å². The Kier molecular flexibility index (Phi) is 5.28. The van der Waals surface area contributed by atoms with Crippen LogP contribution in [0.4, 0.5) is 0 Å². The Morgan fingerprint density at radius 2 is 1.15 bits per heavy atom. The van der Waals surface area contributed by atoms with E-state index >= 15 is 0 Å². The lowest BCUT2D eigenvalue weighted by atomic mass is 10.0. The zero-order valence-corrected chi connectivity index (χ0v) is 13.3. The van der Waals surface area contributed by atoms with Crippen LogP contribution in [0.15, 0.2) is 36.4 Å². The number of aryl methyl sites for hydroxylation is 2. The maximum absolute atomic E-state index is 5.87. The number of benzene rings is 2. The predicted octanol–water partition coefficient (Wildman–Crippen LogP) is 5.95. The van der Waals surface area contributed by atoms with Crippen LogP contribution in [-0.2, 0) is 11.8 Å². The molecule has 0 aromatic heterocycles. The standard InChI is InChI=1S/C18H18Cl2/c1-13-9-15(5-7-17(13)11-19)3-4-16-6-8-18(12-20)14(2)10-16/h3-10H,11-12H2,1-2H3/b4-3+. The summed E-state index contributed by atoms with van der Waals surface area (Å²) in [5.41, 5.74) is 7.22. The highest BCUT2D eigenvalue weighted by Crippen LogP contribution is 2.18. The molecule has 0 radical (unpaired) electrons. The maximum atomic E-state index is 5.87. The van der Waals surface area contributed by atoms with Gasteiger partial charge in [-0.2, -0.15) is 0 Å². The summed E-state index contributed by atoms with van der Waals surface area (Å²) in [5, 5.41) is 0. The fourth-order valence-electron chi connectivity index (χ4n) is 2.14. The third-order valence-electron chi connectivity index (χ3n) is 3.49. The van der Waals surface area contributed by atoms with Crippen molar-refractivity contribution in [3.05, 3.63) is 69.8 Å². The molecule has 0 saturated carbocycles. The lowest BCUT2D eigenvalue weighted by molar-refractivity contribution is 1.29. The van der Waals surface area contributed by atoms with Crippen molar-refractivity contribution in [1.29, 1.82) is 0 Å². The Balaban J connectivity index is 2.20. The van der Waals surface area contributed by atoms with Gasteiger partial charge in [0.05, 0.1) is 0 Å². The first kappa shape index (κ1) is 15.2. The van der Waals surface area contributed by atoms with E-state index in [1.807, 2.05) is 0 Å². The second-order valence-corrected chi connectivity index (χ2v) is 5.51. The van der Waals surface area contributed by atoms with Crippen molar-refractivity contribution in [2.45, 2.75) is 25.6 Å². The van der Waals surface area contributed by atoms with Crippen LogP contribution < -0.4 is 0 Å². The molecule has 0 saturated heterocycles. The average Bonchev–Trinajstić information content (AvgIpc) is 2.45. The van der Waals surface area contributed by atoms with E-state index in [9.17, 15) is 0 Å². The zero-order valence-electron chi connectivity index (χ0n) is 11.8. The summed E-state index contributed by atoms with van der Waals surface area (Å²) in [6, 6.07) is 12.7. The Bertz CT molecular complexity index is 572. The molecule has 20 heavy (non-hydrogen) atoms. The molecule has 0 spiro atoms. The summed E-state index contributed by atoms with van der Waals surface area (Å²) >= 11 is 11.7. The number of hydrogen-bond acceptors (Lipinski definition) is 0. The Hall–Kier alpha value is -1.24.